The first-order valence-corrected chi connectivity index (χ1v) is 7.82. The zero-order valence-corrected chi connectivity index (χ0v) is 11.9. The van der Waals surface area contributed by atoms with Gasteiger partial charge in [-0.1, -0.05) is 27.2 Å². The van der Waals surface area contributed by atoms with Gasteiger partial charge in [0.2, 0.25) is 0 Å². The SMILES string of the molecule is CC(C)(C)SCC(N)CC1CC2CCC1C2. The van der Waals surface area contributed by atoms with Crippen molar-refractivity contribution in [2.75, 3.05) is 5.75 Å². The molecule has 0 saturated heterocycles. The van der Waals surface area contributed by atoms with E-state index in [4.69, 9.17) is 5.73 Å². The van der Waals surface area contributed by atoms with Gasteiger partial charge < -0.3 is 5.73 Å². The quantitative estimate of drug-likeness (QED) is 0.812. The Bertz CT molecular complexity index is 233. The molecule has 2 fully saturated rings. The Morgan fingerprint density at radius 3 is 2.50 bits per heavy atom. The molecule has 4 atom stereocenters. The van der Waals surface area contributed by atoms with Crippen LogP contribution in [0, 0.1) is 17.8 Å². The molecule has 4 unspecified atom stereocenters. The minimum Gasteiger partial charge on any atom is -0.327 e. The van der Waals surface area contributed by atoms with Gasteiger partial charge in [-0.25, -0.2) is 0 Å². The van der Waals surface area contributed by atoms with Crippen LogP contribution in [0.1, 0.15) is 52.9 Å². The highest BCUT2D eigenvalue weighted by Gasteiger charge is 2.39. The lowest BCUT2D eigenvalue weighted by atomic mass is 9.85. The Labute approximate surface area is 105 Å². The molecule has 0 aromatic rings. The molecular weight excluding hydrogens is 214 g/mol. The highest BCUT2D eigenvalue weighted by atomic mass is 32.2. The van der Waals surface area contributed by atoms with E-state index in [1.807, 2.05) is 11.8 Å². The molecule has 0 radical (unpaired) electrons. The normalized spacial score (nSPS) is 35.6. The van der Waals surface area contributed by atoms with Crippen LogP contribution in [0.2, 0.25) is 0 Å². The van der Waals surface area contributed by atoms with Gasteiger partial charge in [0.1, 0.15) is 0 Å². The monoisotopic (exact) mass is 241 g/mol. The summed E-state index contributed by atoms with van der Waals surface area (Å²) in [5.41, 5.74) is 6.27. The Morgan fingerprint density at radius 1 is 1.25 bits per heavy atom. The fourth-order valence-electron chi connectivity index (χ4n) is 3.48. The van der Waals surface area contributed by atoms with Crippen molar-refractivity contribution in [3.63, 3.8) is 0 Å². The average molecular weight is 241 g/mol. The van der Waals surface area contributed by atoms with Gasteiger partial charge in [-0.2, -0.15) is 11.8 Å². The molecule has 0 aliphatic heterocycles. The third-order valence-electron chi connectivity index (χ3n) is 4.22. The Balaban J connectivity index is 1.69. The molecule has 2 N–H and O–H groups in total. The van der Waals surface area contributed by atoms with Crippen LogP contribution in [-0.2, 0) is 0 Å². The Morgan fingerprint density at radius 2 is 2.00 bits per heavy atom. The van der Waals surface area contributed by atoms with Crippen LogP contribution in [0.5, 0.6) is 0 Å². The van der Waals surface area contributed by atoms with Crippen LogP contribution < -0.4 is 5.73 Å². The molecule has 0 heterocycles. The second kappa shape index (κ2) is 4.89. The van der Waals surface area contributed by atoms with Crippen LogP contribution in [-0.4, -0.2) is 16.5 Å². The molecule has 94 valence electrons. The average Bonchev–Trinajstić information content (AvgIpc) is 2.75. The van der Waals surface area contributed by atoms with Crippen molar-refractivity contribution in [1.29, 1.82) is 0 Å². The smallest absolute Gasteiger partial charge is 0.0133 e. The van der Waals surface area contributed by atoms with Crippen LogP contribution in [0.4, 0.5) is 0 Å². The predicted molar refractivity (Wildman–Crippen MR) is 73.7 cm³/mol. The predicted octanol–water partition coefficient (Wildman–Crippen LogP) is 3.67. The summed E-state index contributed by atoms with van der Waals surface area (Å²) in [5, 5.41) is 0. The van der Waals surface area contributed by atoms with Gasteiger partial charge in [0.05, 0.1) is 0 Å². The molecule has 0 aromatic heterocycles. The number of thioether (sulfide) groups is 1. The van der Waals surface area contributed by atoms with Crippen molar-refractivity contribution < 1.29 is 0 Å². The minimum absolute atomic E-state index is 0.367. The van der Waals surface area contributed by atoms with Gasteiger partial charge in [0.15, 0.2) is 0 Å². The lowest BCUT2D eigenvalue weighted by Gasteiger charge is -2.26. The molecule has 2 rings (SSSR count). The molecule has 2 aliphatic carbocycles. The molecule has 2 aliphatic rings. The maximum atomic E-state index is 6.27. The van der Waals surface area contributed by atoms with E-state index in [0.717, 1.165) is 23.5 Å². The van der Waals surface area contributed by atoms with Crippen LogP contribution in [0.25, 0.3) is 0 Å². The van der Waals surface area contributed by atoms with Gasteiger partial charge in [0, 0.05) is 16.5 Å². The largest absolute Gasteiger partial charge is 0.327 e. The summed E-state index contributed by atoms with van der Waals surface area (Å²) >= 11 is 2.02. The summed E-state index contributed by atoms with van der Waals surface area (Å²) in [7, 11) is 0. The van der Waals surface area contributed by atoms with Crippen molar-refractivity contribution >= 4 is 11.8 Å². The standard InChI is InChI=1S/C14H27NS/c1-14(2,3)16-9-13(15)8-12-7-10-4-5-11(12)6-10/h10-13H,4-9,15H2,1-3H3. The summed E-state index contributed by atoms with van der Waals surface area (Å²) in [4.78, 5) is 0. The first-order valence-electron chi connectivity index (χ1n) is 6.83. The summed E-state index contributed by atoms with van der Waals surface area (Å²) < 4.78 is 0.367. The van der Waals surface area contributed by atoms with Crippen LogP contribution in [0.15, 0.2) is 0 Å². The maximum absolute atomic E-state index is 6.27. The second-order valence-corrected chi connectivity index (χ2v) is 8.70. The summed E-state index contributed by atoms with van der Waals surface area (Å²) in [6.07, 6.45) is 7.29. The molecular formula is C14H27NS. The molecule has 2 saturated carbocycles. The highest BCUT2D eigenvalue weighted by Crippen LogP contribution is 2.49. The molecule has 0 amide bonds. The Kier molecular flexibility index (Phi) is 3.90. The van der Waals surface area contributed by atoms with E-state index in [9.17, 15) is 0 Å². The van der Waals surface area contributed by atoms with Crippen molar-refractivity contribution in [3.8, 4) is 0 Å². The lowest BCUT2D eigenvalue weighted by molar-refractivity contribution is 0.300. The number of hydrogen-bond donors (Lipinski definition) is 1. The highest BCUT2D eigenvalue weighted by molar-refractivity contribution is 8.00. The third-order valence-corrected chi connectivity index (χ3v) is 5.68. The molecule has 0 spiro atoms. The molecule has 2 bridgehead atoms. The van der Waals surface area contributed by atoms with Gasteiger partial charge in [-0.15, -0.1) is 0 Å². The van der Waals surface area contributed by atoms with E-state index in [0.29, 0.717) is 10.8 Å². The van der Waals surface area contributed by atoms with Crippen molar-refractivity contribution in [2.24, 2.45) is 23.5 Å². The first-order chi connectivity index (χ1) is 7.44. The van der Waals surface area contributed by atoms with Crippen molar-refractivity contribution in [2.45, 2.75) is 63.7 Å². The van der Waals surface area contributed by atoms with Crippen LogP contribution >= 0.6 is 11.8 Å². The van der Waals surface area contributed by atoms with Gasteiger partial charge in [-0.05, 0) is 43.4 Å². The number of rotatable bonds is 4. The van der Waals surface area contributed by atoms with E-state index in [-0.39, 0.29) is 0 Å². The second-order valence-electron chi connectivity index (χ2n) is 6.85. The molecule has 1 nitrogen and oxygen atoms in total. The van der Waals surface area contributed by atoms with Crippen molar-refractivity contribution in [3.05, 3.63) is 0 Å². The topological polar surface area (TPSA) is 26.0 Å². The summed E-state index contributed by atoms with van der Waals surface area (Å²) in [6.45, 7) is 6.84. The Hall–Kier alpha value is 0.310. The molecule has 2 heteroatoms. The van der Waals surface area contributed by atoms with Crippen LogP contribution in [0.3, 0.4) is 0 Å². The van der Waals surface area contributed by atoms with E-state index in [2.05, 4.69) is 20.8 Å². The first kappa shape index (κ1) is 12.8. The molecule has 16 heavy (non-hydrogen) atoms. The van der Waals surface area contributed by atoms with E-state index < -0.39 is 0 Å². The van der Waals surface area contributed by atoms with E-state index >= 15 is 0 Å². The van der Waals surface area contributed by atoms with Gasteiger partial charge in [-0.3, -0.25) is 0 Å². The fourth-order valence-corrected chi connectivity index (χ4v) is 4.33. The van der Waals surface area contributed by atoms with Crippen molar-refractivity contribution in [1.82, 2.24) is 0 Å². The van der Waals surface area contributed by atoms with E-state index in [1.165, 1.54) is 32.1 Å². The fraction of sp³-hybridized carbons (Fsp3) is 1.00. The third kappa shape index (κ3) is 3.40. The number of hydrogen-bond acceptors (Lipinski definition) is 2. The summed E-state index contributed by atoms with van der Waals surface area (Å²) in [5.74, 6) is 4.21. The molecule has 0 aromatic carbocycles. The maximum Gasteiger partial charge on any atom is 0.0133 e. The zero-order chi connectivity index (χ0) is 11.8. The minimum atomic E-state index is 0.367. The lowest BCUT2D eigenvalue weighted by Crippen LogP contribution is -2.29. The zero-order valence-electron chi connectivity index (χ0n) is 11.0. The van der Waals surface area contributed by atoms with Gasteiger partial charge >= 0.3 is 0 Å². The van der Waals surface area contributed by atoms with Gasteiger partial charge in [0.25, 0.3) is 0 Å². The summed E-state index contributed by atoms with van der Waals surface area (Å²) in [6, 6.07) is 0.425. The number of nitrogens with two attached hydrogens (primary N) is 1. The van der Waals surface area contributed by atoms with E-state index in [1.54, 1.807) is 0 Å². The number of fused-ring (bicyclic) bond motifs is 2.